The van der Waals surface area contributed by atoms with Gasteiger partial charge in [0.2, 0.25) is 5.91 Å². The predicted octanol–water partition coefficient (Wildman–Crippen LogP) is 3.32. The molecule has 0 aliphatic heterocycles. The van der Waals surface area contributed by atoms with Crippen LogP contribution in [0.25, 0.3) is 0 Å². The van der Waals surface area contributed by atoms with Crippen LogP contribution in [0.1, 0.15) is 36.9 Å². The third-order valence-corrected chi connectivity index (χ3v) is 3.37. The molecule has 3 heteroatoms. The first kappa shape index (κ1) is 14.1. The van der Waals surface area contributed by atoms with Crippen molar-refractivity contribution in [3.63, 3.8) is 0 Å². The molecule has 1 aromatic rings. The van der Waals surface area contributed by atoms with Crippen molar-refractivity contribution in [1.29, 1.82) is 0 Å². The second-order valence-electron chi connectivity index (χ2n) is 4.18. The lowest BCUT2D eigenvalue weighted by Crippen LogP contribution is -2.28. The fourth-order valence-corrected chi connectivity index (χ4v) is 2.07. The van der Waals surface area contributed by atoms with Crippen molar-refractivity contribution in [1.82, 2.24) is 5.32 Å². The van der Waals surface area contributed by atoms with Crippen LogP contribution in [0.2, 0.25) is 0 Å². The van der Waals surface area contributed by atoms with Gasteiger partial charge in [0, 0.05) is 12.2 Å². The molecule has 0 saturated heterocycles. The van der Waals surface area contributed by atoms with Crippen molar-refractivity contribution >= 4 is 17.7 Å². The van der Waals surface area contributed by atoms with Gasteiger partial charge in [-0.15, -0.1) is 0 Å². The normalized spacial score (nSPS) is 12.2. The second-order valence-corrected chi connectivity index (χ2v) is 5.17. The van der Waals surface area contributed by atoms with Gasteiger partial charge < -0.3 is 5.32 Å². The van der Waals surface area contributed by atoms with Crippen LogP contribution in [0.3, 0.4) is 0 Å². The van der Waals surface area contributed by atoms with Crippen molar-refractivity contribution in [3.05, 3.63) is 35.4 Å². The van der Waals surface area contributed by atoms with Gasteiger partial charge in [-0.05, 0) is 25.2 Å². The number of aryl methyl sites for hydroxylation is 1. The van der Waals surface area contributed by atoms with Crippen LogP contribution < -0.4 is 5.32 Å². The summed E-state index contributed by atoms with van der Waals surface area (Å²) in [7, 11) is 0. The highest BCUT2D eigenvalue weighted by Gasteiger charge is 2.11. The Labute approximate surface area is 108 Å². The molecular formula is C14H21NOS. The van der Waals surface area contributed by atoms with E-state index in [-0.39, 0.29) is 11.9 Å². The van der Waals surface area contributed by atoms with Crippen LogP contribution in [0.15, 0.2) is 24.3 Å². The predicted molar refractivity (Wildman–Crippen MR) is 75.4 cm³/mol. The number of nitrogens with one attached hydrogen (secondary N) is 1. The summed E-state index contributed by atoms with van der Waals surface area (Å²) in [6, 6.07) is 8.51. The van der Waals surface area contributed by atoms with Crippen molar-refractivity contribution in [3.8, 4) is 0 Å². The number of rotatable bonds is 6. The molecule has 17 heavy (non-hydrogen) atoms. The summed E-state index contributed by atoms with van der Waals surface area (Å²) in [6.45, 7) is 4.17. The summed E-state index contributed by atoms with van der Waals surface area (Å²) in [5.41, 5.74) is 2.44. The molecule has 0 aliphatic carbocycles. The first-order chi connectivity index (χ1) is 8.17. The zero-order valence-corrected chi connectivity index (χ0v) is 11.6. The average Bonchev–Trinajstić information content (AvgIpc) is 2.34. The summed E-state index contributed by atoms with van der Waals surface area (Å²) in [4.78, 5) is 11.7. The molecule has 0 saturated carbocycles. The van der Waals surface area contributed by atoms with Gasteiger partial charge in [0.05, 0.1) is 6.04 Å². The van der Waals surface area contributed by atoms with E-state index in [0.717, 1.165) is 12.2 Å². The van der Waals surface area contributed by atoms with E-state index in [1.165, 1.54) is 11.1 Å². The standard InChI is InChI=1S/C14H21NOS/c1-4-13(15-14(16)9-10-17-3)12-7-5-11(2)6-8-12/h5-8,13H,4,9-10H2,1-3H3,(H,15,16). The molecule has 0 heterocycles. The molecular weight excluding hydrogens is 230 g/mol. The Bertz CT molecular complexity index is 348. The number of carbonyl (C=O) groups is 1. The van der Waals surface area contributed by atoms with E-state index in [2.05, 4.69) is 43.4 Å². The molecule has 1 unspecified atom stereocenters. The van der Waals surface area contributed by atoms with Gasteiger partial charge in [0.1, 0.15) is 0 Å². The van der Waals surface area contributed by atoms with Gasteiger partial charge >= 0.3 is 0 Å². The topological polar surface area (TPSA) is 29.1 Å². The maximum atomic E-state index is 11.7. The van der Waals surface area contributed by atoms with Crippen molar-refractivity contribution < 1.29 is 4.79 Å². The second kappa shape index (κ2) is 7.38. The third-order valence-electron chi connectivity index (χ3n) is 2.76. The zero-order chi connectivity index (χ0) is 12.7. The van der Waals surface area contributed by atoms with Crippen LogP contribution >= 0.6 is 11.8 Å². The highest BCUT2D eigenvalue weighted by Crippen LogP contribution is 2.17. The van der Waals surface area contributed by atoms with Gasteiger partial charge in [-0.25, -0.2) is 0 Å². The summed E-state index contributed by atoms with van der Waals surface area (Å²) in [5.74, 6) is 1.03. The Hall–Kier alpha value is -0.960. The molecule has 1 aromatic carbocycles. The molecule has 1 rings (SSSR count). The number of benzene rings is 1. The Balaban J connectivity index is 2.59. The molecule has 0 radical (unpaired) electrons. The molecule has 0 spiro atoms. The van der Waals surface area contributed by atoms with E-state index >= 15 is 0 Å². The van der Waals surface area contributed by atoms with Gasteiger partial charge in [-0.2, -0.15) is 11.8 Å². The van der Waals surface area contributed by atoms with Crippen LogP contribution in [-0.2, 0) is 4.79 Å². The third kappa shape index (κ3) is 4.82. The van der Waals surface area contributed by atoms with Crippen LogP contribution in [-0.4, -0.2) is 17.9 Å². The van der Waals surface area contributed by atoms with Gasteiger partial charge in [0.25, 0.3) is 0 Å². The lowest BCUT2D eigenvalue weighted by atomic mass is 10.0. The summed E-state index contributed by atoms with van der Waals surface area (Å²) < 4.78 is 0. The minimum Gasteiger partial charge on any atom is -0.349 e. The van der Waals surface area contributed by atoms with E-state index < -0.39 is 0 Å². The maximum absolute atomic E-state index is 11.7. The summed E-state index contributed by atoms with van der Waals surface area (Å²) in [5, 5.41) is 3.08. The molecule has 0 bridgehead atoms. The molecule has 1 amide bonds. The summed E-state index contributed by atoms with van der Waals surface area (Å²) >= 11 is 1.70. The monoisotopic (exact) mass is 251 g/mol. The fraction of sp³-hybridized carbons (Fsp3) is 0.500. The molecule has 94 valence electrons. The lowest BCUT2D eigenvalue weighted by molar-refractivity contribution is -0.121. The maximum Gasteiger partial charge on any atom is 0.221 e. The first-order valence-electron chi connectivity index (χ1n) is 6.02. The van der Waals surface area contributed by atoms with Crippen LogP contribution in [0.4, 0.5) is 0 Å². The first-order valence-corrected chi connectivity index (χ1v) is 7.41. The molecule has 0 aliphatic rings. The number of amides is 1. The number of thioether (sulfide) groups is 1. The highest BCUT2D eigenvalue weighted by atomic mass is 32.2. The van der Waals surface area contributed by atoms with Gasteiger partial charge in [0.15, 0.2) is 0 Å². The van der Waals surface area contributed by atoms with Crippen molar-refractivity contribution in [2.24, 2.45) is 0 Å². The largest absolute Gasteiger partial charge is 0.349 e. The fourth-order valence-electron chi connectivity index (χ4n) is 1.68. The molecule has 1 atom stereocenters. The Morgan fingerprint density at radius 2 is 2.00 bits per heavy atom. The smallest absolute Gasteiger partial charge is 0.221 e. The molecule has 0 aromatic heterocycles. The minimum absolute atomic E-state index is 0.143. The number of hydrogen-bond acceptors (Lipinski definition) is 2. The SMILES string of the molecule is CCC(NC(=O)CCSC)c1ccc(C)cc1. The number of hydrogen-bond donors (Lipinski definition) is 1. The molecule has 1 N–H and O–H groups in total. The van der Waals surface area contributed by atoms with Crippen LogP contribution in [0.5, 0.6) is 0 Å². The Kier molecular flexibility index (Phi) is 6.12. The van der Waals surface area contributed by atoms with E-state index in [0.29, 0.717) is 6.42 Å². The van der Waals surface area contributed by atoms with Crippen LogP contribution in [0, 0.1) is 6.92 Å². The zero-order valence-electron chi connectivity index (χ0n) is 10.8. The van der Waals surface area contributed by atoms with E-state index in [1.54, 1.807) is 11.8 Å². The highest BCUT2D eigenvalue weighted by molar-refractivity contribution is 7.98. The molecule has 0 fully saturated rings. The summed E-state index contributed by atoms with van der Waals surface area (Å²) in [6.07, 6.45) is 3.54. The number of carbonyl (C=O) groups excluding carboxylic acids is 1. The quantitative estimate of drug-likeness (QED) is 0.840. The van der Waals surface area contributed by atoms with E-state index in [9.17, 15) is 4.79 Å². The Morgan fingerprint density at radius 1 is 1.35 bits per heavy atom. The molecule has 2 nitrogen and oxygen atoms in total. The average molecular weight is 251 g/mol. The Morgan fingerprint density at radius 3 is 2.53 bits per heavy atom. The lowest BCUT2D eigenvalue weighted by Gasteiger charge is -2.17. The van der Waals surface area contributed by atoms with Crippen molar-refractivity contribution in [2.45, 2.75) is 32.7 Å². The van der Waals surface area contributed by atoms with E-state index in [4.69, 9.17) is 0 Å². The minimum atomic E-state index is 0.143. The van der Waals surface area contributed by atoms with Gasteiger partial charge in [-0.3, -0.25) is 4.79 Å². The van der Waals surface area contributed by atoms with Crippen molar-refractivity contribution in [2.75, 3.05) is 12.0 Å². The van der Waals surface area contributed by atoms with Gasteiger partial charge in [-0.1, -0.05) is 36.8 Å². The van der Waals surface area contributed by atoms with E-state index in [1.807, 2.05) is 6.26 Å².